The topological polar surface area (TPSA) is 115 Å². The van der Waals surface area contributed by atoms with Crippen LogP contribution in [0.2, 0.25) is 0 Å². The van der Waals surface area contributed by atoms with E-state index in [9.17, 15) is 14.7 Å². The van der Waals surface area contributed by atoms with Crippen LogP contribution in [0.15, 0.2) is 102 Å². The van der Waals surface area contributed by atoms with Crippen molar-refractivity contribution in [2.45, 2.75) is 24.7 Å². The molecule has 1 amide bonds. The quantitative estimate of drug-likeness (QED) is 0.239. The molecule has 2 heterocycles. The number of carboxylic acids is 1. The number of hydrogen-bond acceptors (Lipinski definition) is 6. The molecule has 4 aromatic rings. The van der Waals surface area contributed by atoms with Crippen molar-refractivity contribution < 1.29 is 23.8 Å². The molecule has 0 saturated carbocycles. The van der Waals surface area contributed by atoms with Crippen LogP contribution >= 0.6 is 0 Å². The summed E-state index contributed by atoms with van der Waals surface area (Å²) in [6.45, 7) is 0.526. The van der Waals surface area contributed by atoms with Crippen LogP contribution in [0, 0.1) is 0 Å². The highest BCUT2D eigenvalue weighted by Crippen LogP contribution is 2.37. The van der Waals surface area contributed by atoms with Crippen LogP contribution in [0.1, 0.15) is 46.8 Å². The molecule has 8 heteroatoms. The molecule has 0 saturated heterocycles. The lowest BCUT2D eigenvalue weighted by molar-refractivity contribution is -0.143. The molecule has 0 aliphatic heterocycles. The average molecular weight is 512 g/mol. The van der Waals surface area contributed by atoms with Crippen molar-refractivity contribution in [2.24, 2.45) is 0 Å². The molecule has 194 valence electrons. The molecule has 2 aromatic carbocycles. The Bertz CT molecular complexity index is 1340. The smallest absolute Gasteiger partial charge is 0.323 e. The number of hydrogen-bond donors (Lipinski definition) is 2. The minimum Gasteiger partial charge on any atom is -0.492 e. The number of aliphatic carboxylic acids is 1. The van der Waals surface area contributed by atoms with Crippen molar-refractivity contribution in [3.63, 3.8) is 0 Å². The molecular weight excluding hydrogens is 482 g/mol. The first kappa shape index (κ1) is 26.3. The van der Waals surface area contributed by atoms with E-state index in [1.165, 1.54) is 6.26 Å². The third-order valence-electron chi connectivity index (χ3n) is 6.05. The predicted octanol–water partition coefficient (Wildman–Crippen LogP) is 5.13. The summed E-state index contributed by atoms with van der Waals surface area (Å²) in [5.74, 6) is -0.888. The van der Waals surface area contributed by atoms with Gasteiger partial charge >= 0.3 is 5.97 Å². The lowest BCUT2D eigenvalue weighted by Gasteiger charge is -2.26. The molecule has 4 rings (SSSR count). The second-order valence-corrected chi connectivity index (χ2v) is 8.61. The van der Waals surface area contributed by atoms with Gasteiger partial charge in [0.15, 0.2) is 11.1 Å². The largest absolute Gasteiger partial charge is 0.492 e. The van der Waals surface area contributed by atoms with Gasteiger partial charge in [-0.3, -0.25) is 14.6 Å². The third-order valence-corrected chi connectivity index (χ3v) is 6.05. The average Bonchev–Trinajstić information content (AvgIpc) is 3.45. The number of aromatic nitrogens is 2. The lowest BCUT2D eigenvalue weighted by Crippen LogP contribution is -2.38. The number of amides is 1. The number of unbranched alkanes of at least 4 members (excludes halogenated alkanes) is 1. The van der Waals surface area contributed by atoms with Crippen LogP contribution < -0.4 is 10.1 Å². The van der Waals surface area contributed by atoms with Gasteiger partial charge in [0.2, 0.25) is 5.89 Å². The predicted molar refractivity (Wildman–Crippen MR) is 143 cm³/mol. The van der Waals surface area contributed by atoms with Crippen molar-refractivity contribution in [2.75, 3.05) is 13.2 Å². The molecule has 8 nitrogen and oxygen atoms in total. The van der Waals surface area contributed by atoms with Gasteiger partial charge in [0.05, 0.1) is 6.54 Å². The molecule has 0 radical (unpaired) electrons. The van der Waals surface area contributed by atoms with Gasteiger partial charge in [-0.25, -0.2) is 4.98 Å². The van der Waals surface area contributed by atoms with E-state index < -0.39 is 17.3 Å². The SMILES string of the molecule is O=C(NCCOc1ccccc1)c1coc(C(CCCC=Cc2cccnc2)(C(=O)O)c2ccccc2)n1. The molecule has 1 atom stereocenters. The number of pyridine rings is 1. The summed E-state index contributed by atoms with van der Waals surface area (Å²) in [5.41, 5.74) is -0.0256. The first-order valence-corrected chi connectivity index (χ1v) is 12.4. The Morgan fingerprint density at radius 3 is 2.50 bits per heavy atom. The summed E-state index contributed by atoms with van der Waals surface area (Å²) in [6.07, 6.45) is 10.0. The molecule has 0 aliphatic rings. The molecule has 0 spiro atoms. The number of rotatable bonds is 13. The molecule has 38 heavy (non-hydrogen) atoms. The standard InChI is InChI=1S/C30H29N3O5/c34-27(32-19-20-37-25-15-7-2-8-16-25)26-22-38-28(33-26)30(29(35)36,24-13-5-1-6-14-24)17-9-3-4-11-23-12-10-18-31-21-23/h1-2,4-8,10-16,18,21-22H,3,9,17,19-20H2,(H,32,34)(H,35,36). The molecule has 0 fully saturated rings. The maximum atomic E-state index is 12.8. The number of para-hydroxylation sites is 1. The number of carboxylic acid groups (broad SMARTS) is 1. The summed E-state index contributed by atoms with van der Waals surface area (Å²) < 4.78 is 11.2. The number of nitrogens with zero attached hydrogens (tertiary/aromatic N) is 2. The summed E-state index contributed by atoms with van der Waals surface area (Å²) in [6, 6.07) is 21.9. The van der Waals surface area contributed by atoms with Crippen LogP contribution in [-0.4, -0.2) is 40.1 Å². The summed E-state index contributed by atoms with van der Waals surface area (Å²) in [4.78, 5) is 33.9. The Kier molecular flexibility index (Phi) is 9.02. The monoisotopic (exact) mass is 511 g/mol. The zero-order valence-corrected chi connectivity index (χ0v) is 20.8. The first-order valence-electron chi connectivity index (χ1n) is 12.4. The lowest BCUT2D eigenvalue weighted by atomic mass is 9.76. The number of carbonyl (C=O) groups is 2. The van der Waals surface area contributed by atoms with E-state index in [2.05, 4.69) is 15.3 Å². The van der Waals surface area contributed by atoms with Crippen molar-refractivity contribution >= 4 is 18.0 Å². The maximum Gasteiger partial charge on any atom is 0.323 e. The van der Waals surface area contributed by atoms with Crippen LogP contribution in [0.5, 0.6) is 5.75 Å². The number of benzene rings is 2. The van der Waals surface area contributed by atoms with Gasteiger partial charge in [0, 0.05) is 12.4 Å². The van der Waals surface area contributed by atoms with Gasteiger partial charge in [-0.05, 0) is 48.6 Å². The third kappa shape index (κ3) is 6.53. The number of oxazole rings is 1. The second kappa shape index (κ2) is 13.0. The fourth-order valence-electron chi connectivity index (χ4n) is 4.11. The summed E-state index contributed by atoms with van der Waals surface area (Å²) >= 11 is 0. The Balaban J connectivity index is 1.46. The van der Waals surface area contributed by atoms with E-state index in [4.69, 9.17) is 9.15 Å². The first-order chi connectivity index (χ1) is 18.6. The van der Waals surface area contributed by atoms with Gasteiger partial charge < -0.3 is 19.6 Å². The van der Waals surface area contributed by atoms with Crippen LogP contribution in [-0.2, 0) is 10.2 Å². The zero-order chi connectivity index (χ0) is 26.6. The minimum absolute atomic E-state index is 0.0118. The van der Waals surface area contributed by atoms with Gasteiger partial charge in [-0.1, -0.05) is 66.7 Å². The van der Waals surface area contributed by atoms with E-state index in [-0.39, 0.29) is 31.2 Å². The fourth-order valence-corrected chi connectivity index (χ4v) is 4.11. The Labute approximate surface area is 221 Å². The Morgan fingerprint density at radius 1 is 1.03 bits per heavy atom. The molecule has 0 bridgehead atoms. The van der Waals surface area contributed by atoms with Crippen molar-refractivity contribution in [1.29, 1.82) is 0 Å². The number of nitrogens with one attached hydrogen (secondary N) is 1. The second-order valence-electron chi connectivity index (χ2n) is 8.61. The molecule has 2 aromatic heterocycles. The van der Waals surface area contributed by atoms with Crippen molar-refractivity contribution in [3.8, 4) is 5.75 Å². The highest BCUT2D eigenvalue weighted by atomic mass is 16.5. The van der Waals surface area contributed by atoms with E-state index in [0.29, 0.717) is 24.2 Å². The highest BCUT2D eigenvalue weighted by Gasteiger charge is 2.46. The van der Waals surface area contributed by atoms with Crippen molar-refractivity contribution in [3.05, 3.63) is 120 Å². The Hall–Kier alpha value is -4.72. The molecule has 0 aliphatic carbocycles. The molecule has 2 N–H and O–H groups in total. The van der Waals surface area contributed by atoms with Gasteiger partial charge in [-0.2, -0.15) is 0 Å². The van der Waals surface area contributed by atoms with E-state index in [1.807, 2.05) is 60.7 Å². The number of carbonyl (C=O) groups excluding carboxylic acids is 1. The molecule has 1 unspecified atom stereocenters. The number of allylic oxidation sites excluding steroid dienone is 1. The van der Waals surface area contributed by atoms with Crippen LogP contribution in [0.4, 0.5) is 0 Å². The normalized spacial score (nSPS) is 12.6. The summed E-state index contributed by atoms with van der Waals surface area (Å²) in [7, 11) is 0. The van der Waals surface area contributed by atoms with Gasteiger partial charge in [0.25, 0.3) is 5.91 Å². The van der Waals surface area contributed by atoms with Crippen LogP contribution in [0.3, 0.4) is 0 Å². The molecular formula is C30H29N3O5. The van der Waals surface area contributed by atoms with E-state index in [1.54, 1.807) is 36.7 Å². The Morgan fingerprint density at radius 2 is 1.79 bits per heavy atom. The highest BCUT2D eigenvalue weighted by molar-refractivity contribution is 5.92. The minimum atomic E-state index is -1.54. The summed E-state index contributed by atoms with van der Waals surface area (Å²) in [5, 5.41) is 13.2. The van der Waals surface area contributed by atoms with Gasteiger partial charge in [0.1, 0.15) is 18.6 Å². The van der Waals surface area contributed by atoms with E-state index >= 15 is 0 Å². The van der Waals surface area contributed by atoms with Gasteiger partial charge in [-0.15, -0.1) is 0 Å². The number of ether oxygens (including phenoxy) is 1. The van der Waals surface area contributed by atoms with E-state index in [0.717, 1.165) is 5.56 Å². The van der Waals surface area contributed by atoms with Crippen LogP contribution in [0.25, 0.3) is 6.08 Å². The maximum absolute atomic E-state index is 12.8. The fraction of sp³-hybridized carbons (Fsp3) is 0.200. The zero-order valence-electron chi connectivity index (χ0n) is 20.8. The van der Waals surface area contributed by atoms with Crippen molar-refractivity contribution in [1.82, 2.24) is 15.3 Å².